The molecule has 4 heteroatoms. The van der Waals surface area contributed by atoms with Gasteiger partial charge in [0.05, 0.1) is 30.0 Å². The van der Waals surface area contributed by atoms with Crippen LogP contribution in [0.4, 0.5) is 5.69 Å². The number of benzene rings is 1. The van der Waals surface area contributed by atoms with E-state index in [1.54, 1.807) is 6.07 Å². The van der Waals surface area contributed by atoms with E-state index in [2.05, 4.69) is 4.90 Å². The number of rotatable bonds is 3. The molecule has 1 aromatic carbocycles. The predicted molar refractivity (Wildman–Crippen MR) is 69.4 cm³/mol. The average Bonchev–Trinajstić information content (AvgIpc) is 2.38. The van der Waals surface area contributed by atoms with Gasteiger partial charge < -0.3 is 15.1 Å². The third-order valence-electron chi connectivity index (χ3n) is 3.34. The Labute approximate surface area is 107 Å². The SMILES string of the molecule is OCc1ccc(N2CCCCC2CO)c(Cl)c1. The van der Waals surface area contributed by atoms with Crippen molar-refractivity contribution in [3.05, 3.63) is 28.8 Å². The lowest BCUT2D eigenvalue weighted by Gasteiger charge is -2.37. The number of aliphatic hydroxyl groups excluding tert-OH is 2. The number of piperidine rings is 1. The van der Waals surface area contributed by atoms with E-state index >= 15 is 0 Å². The van der Waals surface area contributed by atoms with Crippen molar-refractivity contribution in [2.75, 3.05) is 18.1 Å². The number of hydrogen-bond acceptors (Lipinski definition) is 3. The van der Waals surface area contributed by atoms with Crippen LogP contribution in [0.15, 0.2) is 18.2 Å². The standard InChI is InChI=1S/C13H18ClNO2/c14-12-7-10(8-16)4-5-13(12)15-6-2-1-3-11(15)9-17/h4-5,7,11,16-17H,1-3,6,8-9H2. The van der Waals surface area contributed by atoms with Gasteiger partial charge in [0, 0.05) is 6.54 Å². The second kappa shape index (κ2) is 5.71. The topological polar surface area (TPSA) is 43.7 Å². The average molecular weight is 256 g/mol. The molecule has 1 aromatic rings. The lowest BCUT2D eigenvalue weighted by molar-refractivity contribution is 0.240. The van der Waals surface area contributed by atoms with E-state index in [4.69, 9.17) is 16.7 Å². The maximum atomic E-state index is 9.39. The number of aliphatic hydroxyl groups is 2. The highest BCUT2D eigenvalue weighted by atomic mass is 35.5. The second-order valence-electron chi connectivity index (χ2n) is 4.47. The van der Waals surface area contributed by atoms with E-state index in [1.807, 2.05) is 12.1 Å². The Bertz CT molecular complexity index is 384. The van der Waals surface area contributed by atoms with Crippen LogP contribution in [0.5, 0.6) is 0 Å². The van der Waals surface area contributed by atoms with Crippen LogP contribution in [0, 0.1) is 0 Å². The molecular formula is C13H18ClNO2. The molecule has 0 spiro atoms. The predicted octanol–water partition coefficient (Wildman–Crippen LogP) is 2.18. The first-order valence-corrected chi connectivity index (χ1v) is 6.41. The molecule has 1 saturated heterocycles. The molecule has 1 unspecified atom stereocenters. The van der Waals surface area contributed by atoms with Crippen LogP contribution in [0.3, 0.4) is 0 Å². The third-order valence-corrected chi connectivity index (χ3v) is 3.64. The van der Waals surface area contributed by atoms with Crippen molar-refractivity contribution in [2.24, 2.45) is 0 Å². The maximum Gasteiger partial charge on any atom is 0.0682 e. The van der Waals surface area contributed by atoms with E-state index in [9.17, 15) is 5.11 Å². The van der Waals surface area contributed by atoms with Gasteiger partial charge in [-0.15, -0.1) is 0 Å². The van der Waals surface area contributed by atoms with Crippen molar-refractivity contribution in [1.29, 1.82) is 0 Å². The molecule has 0 aromatic heterocycles. The molecule has 3 nitrogen and oxygen atoms in total. The lowest BCUT2D eigenvalue weighted by atomic mass is 10.0. The molecule has 1 atom stereocenters. The van der Waals surface area contributed by atoms with Gasteiger partial charge in [-0.3, -0.25) is 0 Å². The quantitative estimate of drug-likeness (QED) is 0.870. The molecule has 0 amide bonds. The monoisotopic (exact) mass is 255 g/mol. The maximum absolute atomic E-state index is 9.39. The van der Waals surface area contributed by atoms with Crippen LogP contribution in [0.1, 0.15) is 24.8 Å². The van der Waals surface area contributed by atoms with Crippen molar-refractivity contribution in [3.63, 3.8) is 0 Å². The van der Waals surface area contributed by atoms with E-state index in [1.165, 1.54) is 0 Å². The van der Waals surface area contributed by atoms with Gasteiger partial charge in [-0.05, 0) is 37.0 Å². The zero-order valence-electron chi connectivity index (χ0n) is 9.77. The first-order chi connectivity index (χ1) is 8.26. The molecule has 0 bridgehead atoms. The number of hydrogen-bond donors (Lipinski definition) is 2. The Morgan fingerprint density at radius 3 is 2.76 bits per heavy atom. The molecule has 2 rings (SSSR count). The summed E-state index contributed by atoms with van der Waals surface area (Å²) in [7, 11) is 0. The molecule has 1 aliphatic rings. The number of nitrogens with zero attached hydrogens (tertiary/aromatic N) is 1. The Balaban J connectivity index is 2.25. The Morgan fingerprint density at radius 1 is 1.29 bits per heavy atom. The van der Waals surface area contributed by atoms with Gasteiger partial charge in [0.1, 0.15) is 0 Å². The third kappa shape index (κ3) is 2.73. The van der Waals surface area contributed by atoms with Crippen LogP contribution >= 0.6 is 11.6 Å². The summed E-state index contributed by atoms with van der Waals surface area (Å²) in [6, 6.07) is 5.77. The van der Waals surface area contributed by atoms with Crippen molar-refractivity contribution >= 4 is 17.3 Å². The smallest absolute Gasteiger partial charge is 0.0682 e. The molecule has 1 aliphatic heterocycles. The van der Waals surface area contributed by atoms with E-state index in [0.717, 1.165) is 37.1 Å². The van der Waals surface area contributed by atoms with Crippen molar-refractivity contribution in [2.45, 2.75) is 31.9 Å². The van der Waals surface area contributed by atoms with Crippen LogP contribution in [-0.4, -0.2) is 29.4 Å². The highest BCUT2D eigenvalue weighted by molar-refractivity contribution is 6.33. The summed E-state index contributed by atoms with van der Waals surface area (Å²) in [4.78, 5) is 2.17. The van der Waals surface area contributed by atoms with Gasteiger partial charge in [0.15, 0.2) is 0 Å². The molecule has 2 N–H and O–H groups in total. The first-order valence-electron chi connectivity index (χ1n) is 6.03. The van der Waals surface area contributed by atoms with Crippen LogP contribution in [0.2, 0.25) is 5.02 Å². The molecule has 0 radical (unpaired) electrons. The van der Waals surface area contributed by atoms with Gasteiger partial charge in [-0.2, -0.15) is 0 Å². The van der Waals surface area contributed by atoms with E-state index in [0.29, 0.717) is 5.02 Å². The second-order valence-corrected chi connectivity index (χ2v) is 4.88. The number of halogens is 1. The summed E-state index contributed by atoms with van der Waals surface area (Å²) in [6.45, 7) is 1.10. The highest BCUT2D eigenvalue weighted by Gasteiger charge is 2.23. The van der Waals surface area contributed by atoms with Crippen molar-refractivity contribution in [3.8, 4) is 0 Å². The molecule has 1 fully saturated rings. The summed E-state index contributed by atoms with van der Waals surface area (Å²) in [5.41, 5.74) is 1.78. The molecule has 94 valence electrons. The van der Waals surface area contributed by atoms with Crippen LogP contribution in [0.25, 0.3) is 0 Å². The molecule has 0 aliphatic carbocycles. The first kappa shape index (κ1) is 12.7. The fraction of sp³-hybridized carbons (Fsp3) is 0.538. The summed E-state index contributed by atoms with van der Waals surface area (Å²) in [6.07, 6.45) is 3.30. The van der Waals surface area contributed by atoms with Crippen LogP contribution < -0.4 is 4.90 Å². The van der Waals surface area contributed by atoms with Gasteiger partial charge in [0.25, 0.3) is 0 Å². The Kier molecular flexibility index (Phi) is 4.26. The van der Waals surface area contributed by atoms with Gasteiger partial charge >= 0.3 is 0 Å². The minimum Gasteiger partial charge on any atom is -0.394 e. The largest absolute Gasteiger partial charge is 0.394 e. The van der Waals surface area contributed by atoms with Crippen LogP contribution in [-0.2, 0) is 6.61 Å². The summed E-state index contributed by atoms with van der Waals surface area (Å²) in [5, 5.41) is 19.1. The van der Waals surface area contributed by atoms with Gasteiger partial charge in [-0.25, -0.2) is 0 Å². The van der Waals surface area contributed by atoms with E-state index in [-0.39, 0.29) is 19.3 Å². The fourth-order valence-electron chi connectivity index (χ4n) is 2.39. The Hall–Kier alpha value is -0.770. The molecule has 17 heavy (non-hydrogen) atoms. The normalized spacial score (nSPS) is 20.6. The molecular weight excluding hydrogens is 238 g/mol. The van der Waals surface area contributed by atoms with Gasteiger partial charge in [-0.1, -0.05) is 17.7 Å². The fourth-order valence-corrected chi connectivity index (χ4v) is 2.70. The number of anilines is 1. The Morgan fingerprint density at radius 2 is 2.12 bits per heavy atom. The summed E-state index contributed by atoms with van der Waals surface area (Å²) in [5.74, 6) is 0. The van der Waals surface area contributed by atoms with Crippen molar-refractivity contribution < 1.29 is 10.2 Å². The molecule has 0 saturated carbocycles. The lowest BCUT2D eigenvalue weighted by Crippen LogP contribution is -2.42. The zero-order chi connectivity index (χ0) is 12.3. The van der Waals surface area contributed by atoms with E-state index < -0.39 is 0 Å². The highest BCUT2D eigenvalue weighted by Crippen LogP contribution is 2.31. The summed E-state index contributed by atoms with van der Waals surface area (Å²) >= 11 is 6.23. The van der Waals surface area contributed by atoms with Crippen molar-refractivity contribution in [1.82, 2.24) is 0 Å². The summed E-state index contributed by atoms with van der Waals surface area (Å²) < 4.78 is 0. The van der Waals surface area contributed by atoms with Gasteiger partial charge in [0.2, 0.25) is 0 Å². The minimum atomic E-state index is 0.00340. The zero-order valence-corrected chi connectivity index (χ0v) is 10.5. The minimum absolute atomic E-state index is 0.00340. The molecule has 1 heterocycles.